The first kappa shape index (κ1) is 25.1. The second-order valence-corrected chi connectivity index (χ2v) is 8.63. The first-order chi connectivity index (χ1) is 17.3. The quantitative estimate of drug-likeness (QED) is 0.285. The number of amides is 3. The molecule has 1 heterocycles. The minimum absolute atomic E-state index is 0.0984. The van der Waals surface area contributed by atoms with Crippen molar-refractivity contribution < 1.29 is 19.1 Å². The van der Waals surface area contributed by atoms with E-state index in [1.165, 1.54) is 4.68 Å². The summed E-state index contributed by atoms with van der Waals surface area (Å²) in [7, 11) is 0. The predicted octanol–water partition coefficient (Wildman–Crippen LogP) is 5.62. The zero-order valence-corrected chi connectivity index (χ0v) is 20.9. The zero-order valence-electron chi connectivity index (χ0n) is 19.4. The van der Waals surface area contributed by atoms with Crippen LogP contribution in [-0.4, -0.2) is 29.0 Å². The van der Waals surface area contributed by atoms with Crippen LogP contribution in [0.25, 0.3) is 10.9 Å². The Morgan fingerprint density at radius 1 is 0.917 bits per heavy atom. The Balaban J connectivity index is 1.60. The molecule has 3 amide bonds. The summed E-state index contributed by atoms with van der Waals surface area (Å²) in [5.74, 6) is -1.73. The van der Waals surface area contributed by atoms with Gasteiger partial charge in [-0.3, -0.25) is 19.8 Å². The molecule has 3 aromatic carbocycles. The summed E-state index contributed by atoms with van der Waals surface area (Å²) in [6, 6.07) is 18.3. The number of benzene rings is 3. The smallest absolute Gasteiger partial charge is 0.328 e. The summed E-state index contributed by atoms with van der Waals surface area (Å²) >= 11 is 12.2. The fourth-order valence-corrected chi connectivity index (χ4v) is 3.90. The Morgan fingerprint density at radius 3 is 2.39 bits per heavy atom. The SMILES string of the molecule is CCOc1ccc(NC(=O)c2cc3cc(Cl)ccc3n2NC(=O)C(=O)Nc2cccc(Cl)c2C)cc1. The van der Waals surface area contributed by atoms with E-state index in [0.29, 0.717) is 50.2 Å². The highest BCUT2D eigenvalue weighted by Gasteiger charge is 2.22. The number of carbonyl (C=O) groups is 3. The van der Waals surface area contributed by atoms with Crippen molar-refractivity contribution in [2.75, 3.05) is 22.7 Å². The number of rotatable bonds is 6. The van der Waals surface area contributed by atoms with Gasteiger partial charge in [0.25, 0.3) is 5.91 Å². The average Bonchev–Trinajstić information content (AvgIpc) is 3.20. The van der Waals surface area contributed by atoms with Crippen molar-refractivity contribution in [2.24, 2.45) is 0 Å². The van der Waals surface area contributed by atoms with Crippen molar-refractivity contribution in [1.82, 2.24) is 4.68 Å². The molecule has 0 aliphatic heterocycles. The molecule has 1 aromatic heterocycles. The second-order valence-electron chi connectivity index (χ2n) is 7.79. The van der Waals surface area contributed by atoms with Gasteiger partial charge in [-0.2, -0.15) is 0 Å². The molecule has 0 spiro atoms. The number of hydrogen-bond donors (Lipinski definition) is 3. The summed E-state index contributed by atoms with van der Waals surface area (Å²) in [4.78, 5) is 38.6. The molecule has 0 atom stereocenters. The summed E-state index contributed by atoms with van der Waals surface area (Å²) in [5.41, 5.74) is 4.64. The molecule has 184 valence electrons. The standard InChI is InChI=1S/C26H22Cl2N4O4/c1-3-36-19-10-8-18(9-11-19)29-24(33)23-14-16-13-17(27)7-12-22(16)32(23)31-26(35)25(34)30-21-6-4-5-20(28)15(21)2/h4-14H,3H2,1-2H3,(H,29,33)(H,30,34)(H,31,35). The van der Waals surface area contributed by atoms with Gasteiger partial charge in [0.2, 0.25) is 0 Å². The van der Waals surface area contributed by atoms with Crippen molar-refractivity contribution in [3.8, 4) is 5.75 Å². The van der Waals surface area contributed by atoms with Crippen molar-refractivity contribution >= 4 is 63.2 Å². The van der Waals surface area contributed by atoms with Gasteiger partial charge in [-0.1, -0.05) is 29.3 Å². The van der Waals surface area contributed by atoms with Crippen molar-refractivity contribution in [1.29, 1.82) is 0 Å². The number of hydrogen-bond acceptors (Lipinski definition) is 4. The van der Waals surface area contributed by atoms with E-state index in [4.69, 9.17) is 27.9 Å². The summed E-state index contributed by atoms with van der Waals surface area (Å²) in [5, 5.41) is 6.84. The van der Waals surface area contributed by atoms with Gasteiger partial charge < -0.3 is 15.4 Å². The number of fused-ring (bicyclic) bond motifs is 1. The number of aromatic nitrogens is 1. The molecule has 0 unspecified atom stereocenters. The van der Waals surface area contributed by atoms with E-state index in [1.54, 1.807) is 73.7 Å². The number of nitrogens with zero attached hydrogens (tertiary/aromatic N) is 1. The molecule has 0 aliphatic rings. The molecule has 0 saturated carbocycles. The van der Waals surface area contributed by atoms with Crippen LogP contribution < -0.4 is 20.8 Å². The molecular weight excluding hydrogens is 503 g/mol. The van der Waals surface area contributed by atoms with Crippen LogP contribution in [0.15, 0.2) is 66.7 Å². The third-order valence-electron chi connectivity index (χ3n) is 5.35. The van der Waals surface area contributed by atoms with Crippen LogP contribution in [0.3, 0.4) is 0 Å². The lowest BCUT2D eigenvalue weighted by molar-refractivity contribution is -0.133. The van der Waals surface area contributed by atoms with E-state index in [0.717, 1.165) is 0 Å². The van der Waals surface area contributed by atoms with Crippen molar-refractivity contribution in [3.63, 3.8) is 0 Å². The van der Waals surface area contributed by atoms with E-state index in [1.807, 2.05) is 6.92 Å². The monoisotopic (exact) mass is 524 g/mol. The molecule has 0 fully saturated rings. The fourth-order valence-electron chi connectivity index (χ4n) is 3.54. The lowest BCUT2D eigenvalue weighted by atomic mass is 10.2. The third-order valence-corrected chi connectivity index (χ3v) is 6.00. The van der Waals surface area contributed by atoms with Crippen molar-refractivity contribution in [2.45, 2.75) is 13.8 Å². The van der Waals surface area contributed by atoms with Crippen LogP contribution in [0.5, 0.6) is 5.75 Å². The summed E-state index contributed by atoms with van der Waals surface area (Å²) in [6.45, 7) is 4.13. The van der Waals surface area contributed by atoms with E-state index >= 15 is 0 Å². The lowest BCUT2D eigenvalue weighted by Gasteiger charge is -2.14. The van der Waals surface area contributed by atoms with Gasteiger partial charge in [0.05, 0.1) is 12.1 Å². The van der Waals surface area contributed by atoms with Gasteiger partial charge in [0.1, 0.15) is 11.4 Å². The average molecular weight is 525 g/mol. The maximum Gasteiger partial charge on any atom is 0.328 e. The van der Waals surface area contributed by atoms with E-state index < -0.39 is 17.7 Å². The van der Waals surface area contributed by atoms with Crippen LogP contribution in [0.1, 0.15) is 23.0 Å². The highest BCUT2D eigenvalue weighted by atomic mass is 35.5. The number of nitrogens with one attached hydrogen (secondary N) is 3. The second kappa shape index (κ2) is 10.7. The fraction of sp³-hybridized carbons (Fsp3) is 0.115. The molecule has 10 heteroatoms. The first-order valence-corrected chi connectivity index (χ1v) is 11.7. The van der Waals surface area contributed by atoms with Crippen molar-refractivity contribution in [3.05, 3.63) is 88.0 Å². The zero-order chi connectivity index (χ0) is 25.8. The van der Waals surface area contributed by atoms with Gasteiger partial charge in [-0.05, 0) is 80.1 Å². The number of carbonyl (C=O) groups excluding carboxylic acids is 3. The normalized spacial score (nSPS) is 10.7. The van der Waals surface area contributed by atoms with Gasteiger partial charge in [0, 0.05) is 26.8 Å². The molecule has 4 aromatic rings. The Kier molecular flexibility index (Phi) is 7.47. The Bertz CT molecular complexity index is 1470. The maximum atomic E-state index is 13.2. The van der Waals surface area contributed by atoms with Crippen LogP contribution >= 0.6 is 23.2 Å². The Hall–Kier alpha value is -4.01. The van der Waals surface area contributed by atoms with Crippen LogP contribution in [-0.2, 0) is 9.59 Å². The van der Waals surface area contributed by atoms with E-state index in [2.05, 4.69) is 16.1 Å². The summed E-state index contributed by atoms with van der Waals surface area (Å²) in [6.07, 6.45) is 0. The largest absolute Gasteiger partial charge is 0.494 e. The van der Waals surface area contributed by atoms with Gasteiger partial charge in [-0.25, -0.2) is 4.68 Å². The molecule has 0 radical (unpaired) electrons. The molecule has 0 saturated heterocycles. The number of anilines is 2. The Morgan fingerprint density at radius 2 is 1.67 bits per heavy atom. The van der Waals surface area contributed by atoms with E-state index in [-0.39, 0.29) is 5.69 Å². The Labute approximate surface area is 217 Å². The highest BCUT2D eigenvalue weighted by Crippen LogP contribution is 2.25. The molecule has 0 bridgehead atoms. The number of halogens is 2. The van der Waals surface area contributed by atoms with Crippen LogP contribution in [0.4, 0.5) is 11.4 Å². The molecule has 4 rings (SSSR count). The maximum absolute atomic E-state index is 13.2. The van der Waals surface area contributed by atoms with Gasteiger partial charge in [0.15, 0.2) is 0 Å². The molecular formula is C26H22Cl2N4O4. The van der Waals surface area contributed by atoms with Crippen LogP contribution in [0.2, 0.25) is 10.0 Å². The molecule has 0 aliphatic carbocycles. The molecule has 3 N–H and O–H groups in total. The minimum Gasteiger partial charge on any atom is -0.494 e. The number of ether oxygens (including phenoxy) is 1. The predicted molar refractivity (Wildman–Crippen MR) is 142 cm³/mol. The van der Waals surface area contributed by atoms with E-state index in [9.17, 15) is 14.4 Å². The highest BCUT2D eigenvalue weighted by molar-refractivity contribution is 6.43. The topological polar surface area (TPSA) is 101 Å². The van der Waals surface area contributed by atoms with Gasteiger partial charge >= 0.3 is 11.8 Å². The third kappa shape index (κ3) is 5.45. The summed E-state index contributed by atoms with van der Waals surface area (Å²) < 4.78 is 6.67. The van der Waals surface area contributed by atoms with Crippen LogP contribution in [0, 0.1) is 6.92 Å². The first-order valence-electron chi connectivity index (χ1n) is 11.0. The minimum atomic E-state index is -0.975. The lowest BCUT2D eigenvalue weighted by Crippen LogP contribution is -2.36. The van der Waals surface area contributed by atoms with Gasteiger partial charge in [-0.15, -0.1) is 0 Å². The molecule has 8 nitrogen and oxygen atoms in total. The molecule has 36 heavy (non-hydrogen) atoms.